The number of carbonyl (C=O) groups excluding carboxylic acids is 2. The molecule has 2 amide bonds. The summed E-state index contributed by atoms with van der Waals surface area (Å²) in [6.45, 7) is 3.07. The number of carbonyl (C=O) groups is 2. The number of hydrogen-bond donors (Lipinski definition) is 3. The first kappa shape index (κ1) is 21.2. The lowest BCUT2D eigenvalue weighted by molar-refractivity contribution is 0.0941. The quantitative estimate of drug-likeness (QED) is 0.533. The molecule has 3 aromatic rings. The SMILES string of the molecule is Cc1nc(C(=O)NCC2CCCC2)cc2c(Nc3cccc4c3CCO4)c(C(N)=O)cnc12. The molecule has 0 saturated heterocycles. The van der Waals surface area contributed by atoms with Crippen LogP contribution in [0.3, 0.4) is 0 Å². The molecule has 0 bridgehead atoms. The highest BCUT2D eigenvalue weighted by Crippen LogP contribution is 2.36. The van der Waals surface area contributed by atoms with Crippen molar-refractivity contribution in [3.8, 4) is 5.75 Å². The maximum atomic E-state index is 12.9. The van der Waals surface area contributed by atoms with Gasteiger partial charge in [0.25, 0.3) is 11.8 Å². The summed E-state index contributed by atoms with van der Waals surface area (Å²) in [5.41, 5.74) is 9.85. The molecule has 2 aliphatic rings. The first-order chi connectivity index (χ1) is 16.0. The summed E-state index contributed by atoms with van der Waals surface area (Å²) in [7, 11) is 0. The first-order valence-electron chi connectivity index (χ1n) is 11.4. The van der Waals surface area contributed by atoms with Crippen molar-refractivity contribution in [2.24, 2.45) is 11.7 Å². The van der Waals surface area contributed by atoms with E-state index in [0.29, 0.717) is 47.0 Å². The van der Waals surface area contributed by atoms with E-state index >= 15 is 0 Å². The van der Waals surface area contributed by atoms with Gasteiger partial charge in [0.05, 0.1) is 29.1 Å². The van der Waals surface area contributed by atoms with Crippen molar-refractivity contribution < 1.29 is 14.3 Å². The molecule has 3 heterocycles. The molecule has 0 unspecified atom stereocenters. The third kappa shape index (κ3) is 4.08. The molecule has 1 aromatic carbocycles. The predicted molar refractivity (Wildman–Crippen MR) is 126 cm³/mol. The van der Waals surface area contributed by atoms with Gasteiger partial charge in [-0.15, -0.1) is 0 Å². The fourth-order valence-electron chi connectivity index (χ4n) is 4.81. The normalized spacial score (nSPS) is 15.3. The summed E-state index contributed by atoms with van der Waals surface area (Å²) < 4.78 is 5.67. The van der Waals surface area contributed by atoms with Crippen LogP contribution in [0.5, 0.6) is 5.75 Å². The van der Waals surface area contributed by atoms with Crippen LogP contribution in [-0.2, 0) is 6.42 Å². The summed E-state index contributed by atoms with van der Waals surface area (Å²) in [4.78, 5) is 34.1. The maximum absolute atomic E-state index is 12.9. The van der Waals surface area contributed by atoms with Gasteiger partial charge in [0.1, 0.15) is 11.4 Å². The molecule has 33 heavy (non-hydrogen) atoms. The van der Waals surface area contributed by atoms with Crippen LogP contribution in [0.15, 0.2) is 30.5 Å². The Morgan fingerprint density at radius 3 is 2.85 bits per heavy atom. The van der Waals surface area contributed by atoms with Gasteiger partial charge in [-0.3, -0.25) is 14.6 Å². The van der Waals surface area contributed by atoms with Crippen LogP contribution in [0.1, 0.15) is 57.8 Å². The Balaban J connectivity index is 1.56. The van der Waals surface area contributed by atoms with E-state index in [9.17, 15) is 9.59 Å². The van der Waals surface area contributed by atoms with E-state index in [0.717, 1.165) is 36.3 Å². The van der Waals surface area contributed by atoms with Gasteiger partial charge in [0, 0.05) is 35.8 Å². The zero-order chi connectivity index (χ0) is 22.9. The molecule has 1 saturated carbocycles. The fourth-order valence-corrected chi connectivity index (χ4v) is 4.81. The second kappa shape index (κ2) is 8.69. The lowest BCUT2D eigenvalue weighted by atomic mass is 10.0. The minimum absolute atomic E-state index is 0.226. The second-order valence-electron chi connectivity index (χ2n) is 8.77. The van der Waals surface area contributed by atoms with E-state index in [1.54, 1.807) is 6.07 Å². The zero-order valence-electron chi connectivity index (χ0n) is 18.6. The van der Waals surface area contributed by atoms with Gasteiger partial charge in [0.15, 0.2) is 0 Å². The van der Waals surface area contributed by atoms with E-state index in [2.05, 4.69) is 20.6 Å². The van der Waals surface area contributed by atoms with Crippen molar-refractivity contribution in [1.82, 2.24) is 15.3 Å². The van der Waals surface area contributed by atoms with Crippen LogP contribution in [0.2, 0.25) is 0 Å². The number of amides is 2. The highest BCUT2D eigenvalue weighted by Gasteiger charge is 2.22. The van der Waals surface area contributed by atoms with Crippen molar-refractivity contribution in [3.63, 3.8) is 0 Å². The molecule has 8 nitrogen and oxygen atoms in total. The molecule has 170 valence electrons. The van der Waals surface area contributed by atoms with Crippen LogP contribution < -0.4 is 21.1 Å². The number of nitrogens with zero attached hydrogens (tertiary/aromatic N) is 2. The molecule has 8 heteroatoms. The number of ether oxygens (including phenoxy) is 1. The highest BCUT2D eigenvalue weighted by atomic mass is 16.5. The summed E-state index contributed by atoms with van der Waals surface area (Å²) in [5.74, 6) is 0.524. The van der Waals surface area contributed by atoms with Gasteiger partial charge in [-0.05, 0) is 43.9 Å². The van der Waals surface area contributed by atoms with Gasteiger partial charge < -0.3 is 21.1 Å². The Morgan fingerprint density at radius 1 is 1.24 bits per heavy atom. The van der Waals surface area contributed by atoms with E-state index in [1.807, 2.05) is 25.1 Å². The van der Waals surface area contributed by atoms with E-state index < -0.39 is 5.91 Å². The number of rotatable bonds is 6. The molecule has 0 radical (unpaired) electrons. The minimum Gasteiger partial charge on any atom is -0.493 e. The molecule has 1 fully saturated rings. The zero-order valence-corrected chi connectivity index (χ0v) is 18.6. The van der Waals surface area contributed by atoms with Gasteiger partial charge in [0.2, 0.25) is 0 Å². The monoisotopic (exact) mass is 445 g/mol. The highest BCUT2D eigenvalue weighted by molar-refractivity contribution is 6.09. The molecule has 1 aliphatic heterocycles. The van der Waals surface area contributed by atoms with Crippen molar-refractivity contribution >= 4 is 34.1 Å². The summed E-state index contributed by atoms with van der Waals surface area (Å²) >= 11 is 0. The number of primary amides is 1. The largest absolute Gasteiger partial charge is 0.493 e. The van der Waals surface area contributed by atoms with Crippen molar-refractivity contribution in [3.05, 3.63) is 53.0 Å². The van der Waals surface area contributed by atoms with Crippen molar-refractivity contribution in [2.75, 3.05) is 18.5 Å². The standard InChI is InChI=1S/C25H27N5O3/c1-14-22-17(11-20(29-14)25(32)28-12-15-5-2-3-6-15)23(18(13-27-22)24(26)31)30-19-7-4-8-21-16(19)9-10-33-21/h4,7-8,11,13,15H,2-3,5-6,9-10,12H2,1H3,(H2,26,31)(H,27,30)(H,28,32). The molecule has 1 aliphatic carbocycles. The van der Waals surface area contributed by atoms with E-state index in [1.165, 1.54) is 19.0 Å². The third-order valence-electron chi connectivity index (χ3n) is 6.55. The Bertz CT molecular complexity index is 1250. The van der Waals surface area contributed by atoms with Gasteiger partial charge in [-0.2, -0.15) is 0 Å². The topological polar surface area (TPSA) is 119 Å². The lowest BCUT2D eigenvalue weighted by Crippen LogP contribution is -2.29. The molecular formula is C25H27N5O3. The number of fused-ring (bicyclic) bond motifs is 2. The number of nitrogens with two attached hydrogens (primary N) is 1. The van der Waals surface area contributed by atoms with E-state index in [-0.39, 0.29) is 11.5 Å². The van der Waals surface area contributed by atoms with Gasteiger partial charge in [-0.1, -0.05) is 18.9 Å². The number of pyridine rings is 2. The average molecular weight is 446 g/mol. The van der Waals surface area contributed by atoms with E-state index in [4.69, 9.17) is 10.5 Å². The van der Waals surface area contributed by atoms with Crippen LogP contribution in [0.25, 0.3) is 10.9 Å². The number of hydrogen-bond acceptors (Lipinski definition) is 6. The number of aromatic nitrogens is 2. The van der Waals surface area contributed by atoms with Crippen LogP contribution in [-0.4, -0.2) is 34.9 Å². The molecule has 0 atom stereocenters. The van der Waals surface area contributed by atoms with Gasteiger partial charge in [-0.25, -0.2) is 4.98 Å². The molecule has 0 spiro atoms. The predicted octanol–water partition coefficient (Wildman–Crippen LogP) is 3.64. The number of nitrogens with one attached hydrogen (secondary N) is 2. The molecule has 5 rings (SSSR count). The second-order valence-corrected chi connectivity index (χ2v) is 8.77. The van der Waals surface area contributed by atoms with Crippen molar-refractivity contribution in [1.29, 1.82) is 0 Å². The maximum Gasteiger partial charge on any atom is 0.269 e. The third-order valence-corrected chi connectivity index (χ3v) is 6.55. The average Bonchev–Trinajstić information content (AvgIpc) is 3.50. The number of aryl methyl sites for hydroxylation is 1. The Labute approximate surface area is 191 Å². The molecule has 2 aromatic heterocycles. The number of benzene rings is 1. The smallest absolute Gasteiger partial charge is 0.269 e. The molecular weight excluding hydrogens is 418 g/mol. The summed E-state index contributed by atoms with van der Waals surface area (Å²) in [6.07, 6.45) is 6.96. The van der Waals surface area contributed by atoms with Crippen LogP contribution >= 0.6 is 0 Å². The summed E-state index contributed by atoms with van der Waals surface area (Å²) in [6, 6.07) is 7.45. The summed E-state index contributed by atoms with van der Waals surface area (Å²) in [5, 5.41) is 7.04. The first-order valence-corrected chi connectivity index (χ1v) is 11.4. The Morgan fingerprint density at radius 2 is 2.06 bits per heavy atom. The molecule has 4 N–H and O–H groups in total. The number of anilines is 2. The Kier molecular flexibility index (Phi) is 5.58. The minimum atomic E-state index is -0.600. The fraction of sp³-hybridized carbons (Fsp3) is 0.360. The van der Waals surface area contributed by atoms with Crippen molar-refractivity contribution in [2.45, 2.75) is 39.0 Å². The van der Waals surface area contributed by atoms with Crippen LogP contribution in [0.4, 0.5) is 11.4 Å². The van der Waals surface area contributed by atoms with Crippen LogP contribution in [0, 0.1) is 12.8 Å². The van der Waals surface area contributed by atoms with Gasteiger partial charge >= 0.3 is 0 Å². The lowest BCUT2D eigenvalue weighted by Gasteiger charge is -2.17. The Hall–Kier alpha value is -3.68.